The highest BCUT2D eigenvalue weighted by Crippen LogP contribution is 2.28. The van der Waals surface area contributed by atoms with E-state index in [9.17, 15) is 0 Å². The van der Waals surface area contributed by atoms with Crippen LogP contribution >= 0.6 is 15.9 Å². The number of nitrogens with one attached hydrogen (secondary N) is 1. The van der Waals surface area contributed by atoms with Gasteiger partial charge in [0.1, 0.15) is 5.75 Å². The van der Waals surface area contributed by atoms with Gasteiger partial charge in [-0.1, -0.05) is 40.2 Å². The van der Waals surface area contributed by atoms with E-state index in [1.165, 1.54) is 16.7 Å². The van der Waals surface area contributed by atoms with E-state index in [-0.39, 0.29) is 6.04 Å². The van der Waals surface area contributed by atoms with E-state index in [2.05, 4.69) is 58.5 Å². The average molecular weight is 334 g/mol. The van der Waals surface area contributed by atoms with Gasteiger partial charge in [0.2, 0.25) is 0 Å². The first-order chi connectivity index (χ1) is 9.65. The van der Waals surface area contributed by atoms with Crippen molar-refractivity contribution in [2.75, 3.05) is 13.7 Å². The predicted octanol–water partition coefficient (Wildman–Crippen LogP) is 4.47. The Morgan fingerprint density at radius 3 is 2.55 bits per heavy atom. The molecule has 3 heteroatoms. The van der Waals surface area contributed by atoms with Gasteiger partial charge < -0.3 is 10.1 Å². The molecule has 2 rings (SSSR count). The molecule has 0 aromatic heterocycles. The molecule has 0 amide bonds. The van der Waals surface area contributed by atoms with Gasteiger partial charge in [-0.05, 0) is 55.8 Å². The van der Waals surface area contributed by atoms with Crippen LogP contribution in [0.5, 0.6) is 5.75 Å². The van der Waals surface area contributed by atoms with E-state index in [0.29, 0.717) is 6.61 Å². The third-order valence-electron chi connectivity index (χ3n) is 3.32. The maximum absolute atomic E-state index is 5.58. The van der Waals surface area contributed by atoms with Crippen LogP contribution in [0.4, 0.5) is 0 Å². The Morgan fingerprint density at radius 1 is 1.15 bits per heavy atom. The molecule has 0 radical (unpaired) electrons. The number of hydrogen-bond donors (Lipinski definition) is 1. The number of halogens is 1. The monoisotopic (exact) mass is 333 g/mol. The first kappa shape index (κ1) is 15.1. The zero-order valence-corrected chi connectivity index (χ0v) is 13.7. The molecule has 0 saturated heterocycles. The summed E-state index contributed by atoms with van der Waals surface area (Å²) in [6, 6.07) is 14.9. The van der Waals surface area contributed by atoms with Gasteiger partial charge in [0.25, 0.3) is 0 Å². The SMILES string of the molecule is CCOc1cccc(C(NC)c2ccc(C)c(Br)c2)c1. The molecule has 20 heavy (non-hydrogen) atoms. The molecule has 0 aliphatic heterocycles. The van der Waals surface area contributed by atoms with Crippen molar-refractivity contribution in [3.8, 4) is 5.75 Å². The Balaban J connectivity index is 2.36. The van der Waals surface area contributed by atoms with Crippen LogP contribution in [0, 0.1) is 6.92 Å². The fraction of sp³-hybridized carbons (Fsp3) is 0.294. The molecular formula is C17H20BrNO. The van der Waals surface area contributed by atoms with Crippen LogP contribution in [0.15, 0.2) is 46.9 Å². The van der Waals surface area contributed by atoms with Gasteiger partial charge in [0.05, 0.1) is 12.6 Å². The molecule has 1 unspecified atom stereocenters. The summed E-state index contributed by atoms with van der Waals surface area (Å²) in [6.07, 6.45) is 0. The quantitative estimate of drug-likeness (QED) is 0.871. The molecule has 0 saturated carbocycles. The molecule has 0 aliphatic carbocycles. The molecule has 2 aromatic carbocycles. The third kappa shape index (κ3) is 3.41. The molecule has 0 spiro atoms. The summed E-state index contributed by atoms with van der Waals surface area (Å²) < 4.78 is 6.72. The number of aryl methyl sites for hydroxylation is 1. The van der Waals surface area contributed by atoms with Gasteiger partial charge in [-0.2, -0.15) is 0 Å². The average Bonchev–Trinajstić information content (AvgIpc) is 2.44. The fourth-order valence-electron chi connectivity index (χ4n) is 2.27. The normalized spacial score (nSPS) is 12.2. The zero-order valence-electron chi connectivity index (χ0n) is 12.1. The lowest BCUT2D eigenvalue weighted by Gasteiger charge is -2.19. The molecule has 0 aliphatic rings. The lowest BCUT2D eigenvalue weighted by molar-refractivity contribution is 0.339. The van der Waals surface area contributed by atoms with Gasteiger partial charge in [-0.3, -0.25) is 0 Å². The predicted molar refractivity (Wildman–Crippen MR) is 87.4 cm³/mol. The molecular weight excluding hydrogens is 314 g/mol. The maximum atomic E-state index is 5.58. The molecule has 0 bridgehead atoms. The van der Waals surface area contributed by atoms with Crippen LogP contribution in [0.2, 0.25) is 0 Å². The van der Waals surface area contributed by atoms with Crippen LogP contribution in [0.25, 0.3) is 0 Å². The Labute approximate surface area is 129 Å². The number of ether oxygens (including phenoxy) is 1. The highest BCUT2D eigenvalue weighted by Gasteiger charge is 2.13. The van der Waals surface area contributed by atoms with Crippen molar-refractivity contribution < 1.29 is 4.74 Å². The standard InChI is InChI=1S/C17H20BrNO/c1-4-20-15-7-5-6-13(10-15)17(19-3)14-9-8-12(2)16(18)11-14/h5-11,17,19H,4H2,1-3H3. The van der Waals surface area contributed by atoms with E-state index in [1.807, 2.05) is 26.1 Å². The van der Waals surface area contributed by atoms with Crippen molar-refractivity contribution in [2.45, 2.75) is 19.9 Å². The first-order valence-corrected chi connectivity index (χ1v) is 7.61. The largest absolute Gasteiger partial charge is 0.494 e. The van der Waals surface area contributed by atoms with Gasteiger partial charge in [0.15, 0.2) is 0 Å². The van der Waals surface area contributed by atoms with Gasteiger partial charge in [0, 0.05) is 4.47 Å². The van der Waals surface area contributed by atoms with E-state index in [1.54, 1.807) is 0 Å². The molecule has 0 fully saturated rings. The van der Waals surface area contributed by atoms with Gasteiger partial charge >= 0.3 is 0 Å². The summed E-state index contributed by atoms with van der Waals surface area (Å²) in [4.78, 5) is 0. The van der Waals surface area contributed by atoms with Crippen molar-refractivity contribution in [3.05, 3.63) is 63.6 Å². The van der Waals surface area contributed by atoms with E-state index in [4.69, 9.17) is 4.74 Å². The third-order valence-corrected chi connectivity index (χ3v) is 4.17. The minimum atomic E-state index is 0.160. The highest BCUT2D eigenvalue weighted by molar-refractivity contribution is 9.10. The highest BCUT2D eigenvalue weighted by atomic mass is 79.9. The molecule has 0 heterocycles. The van der Waals surface area contributed by atoms with Crippen molar-refractivity contribution in [1.29, 1.82) is 0 Å². The summed E-state index contributed by atoms with van der Waals surface area (Å²) in [5.41, 5.74) is 3.68. The molecule has 1 atom stereocenters. The number of rotatable bonds is 5. The lowest BCUT2D eigenvalue weighted by atomic mass is 9.98. The van der Waals surface area contributed by atoms with Crippen molar-refractivity contribution in [1.82, 2.24) is 5.32 Å². The van der Waals surface area contributed by atoms with Crippen LogP contribution in [-0.2, 0) is 0 Å². The minimum Gasteiger partial charge on any atom is -0.494 e. The number of hydrogen-bond acceptors (Lipinski definition) is 2. The fourth-order valence-corrected chi connectivity index (χ4v) is 2.66. The Bertz CT molecular complexity index is 583. The second-order valence-corrected chi connectivity index (χ2v) is 5.59. The Morgan fingerprint density at radius 2 is 1.90 bits per heavy atom. The topological polar surface area (TPSA) is 21.3 Å². The van der Waals surface area contributed by atoms with Crippen molar-refractivity contribution in [2.24, 2.45) is 0 Å². The van der Waals surface area contributed by atoms with Gasteiger partial charge in [-0.25, -0.2) is 0 Å². The summed E-state index contributed by atoms with van der Waals surface area (Å²) in [6.45, 7) is 4.78. The second-order valence-electron chi connectivity index (χ2n) is 4.74. The van der Waals surface area contributed by atoms with Gasteiger partial charge in [-0.15, -0.1) is 0 Å². The van der Waals surface area contributed by atoms with E-state index < -0.39 is 0 Å². The van der Waals surface area contributed by atoms with E-state index in [0.717, 1.165) is 10.2 Å². The lowest BCUT2D eigenvalue weighted by Crippen LogP contribution is -2.17. The molecule has 2 nitrogen and oxygen atoms in total. The van der Waals surface area contributed by atoms with Crippen molar-refractivity contribution in [3.63, 3.8) is 0 Å². The Kier molecular flexibility index (Phi) is 5.21. The second kappa shape index (κ2) is 6.91. The summed E-state index contributed by atoms with van der Waals surface area (Å²) in [5.74, 6) is 0.913. The maximum Gasteiger partial charge on any atom is 0.119 e. The van der Waals surface area contributed by atoms with Crippen LogP contribution in [-0.4, -0.2) is 13.7 Å². The summed E-state index contributed by atoms with van der Waals surface area (Å²) in [5, 5.41) is 3.37. The zero-order chi connectivity index (χ0) is 14.5. The summed E-state index contributed by atoms with van der Waals surface area (Å²) >= 11 is 3.60. The number of benzene rings is 2. The van der Waals surface area contributed by atoms with Crippen LogP contribution in [0.1, 0.15) is 29.7 Å². The van der Waals surface area contributed by atoms with Crippen LogP contribution in [0.3, 0.4) is 0 Å². The molecule has 1 N–H and O–H groups in total. The van der Waals surface area contributed by atoms with Crippen LogP contribution < -0.4 is 10.1 Å². The Hall–Kier alpha value is -1.32. The smallest absolute Gasteiger partial charge is 0.119 e. The minimum absolute atomic E-state index is 0.160. The molecule has 2 aromatic rings. The molecule has 106 valence electrons. The summed E-state index contributed by atoms with van der Waals surface area (Å²) in [7, 11) is 1.98. The van der Waals surface area contributed by atoms with Crippen molar-refractivity contribution >= 4 is 15.9 Å². The first-order valence-electron chi connectivity index (χ1n) is 6.81. The van der Waals surface area contributed by atoms with E-state index >= 15 is 0 Å².